The summed E-state index contributed by atoms with van der Waals surface area (Å²) in [5.41, 5.74) is 0. The second-order valence-electron chi connectivity index (χ2n) is 4.91. The van der Waals surface area contributed by atoms with Crippen LogP contribution in [0.4, 0.5) is 0 Å². The molecule has 2 rings (SSSR count). The number of imidazole rings is 1. The Morgan fingerprint density at radius 1 is 1.55 bits per heavy atom. The Morgan fingerprint density at radius 3 is 2.85 bits per heavy atom. The average Bonchev–Trinajstić information content (AvgIpc) is 2.88. The zero-order valence-corrected chi connectivity index (χ0v) is 12.4. The molecule has 0 radical (unpaired) electrons. The maximum absolute atomic E-state index is 12.5. The third-order valence-electron chi connectivity index (χ3n) is 3.57. The molecule has 2 atom stereocenters. The number of aromatic nitrogens is 2. The molecule has 1 saturated heterocycles. The van der Waals surface area contributed by atoms with Gasteiger partial charge < -0.3 is 4.57 Å². The van der Waals surface area contributed by atoms with Gasteiger partial charge in [-0.05, 0) is 26.7 Å². The molecule has 0 aromatic carbocycles. The van der Waals surface area contributed by atoms with Crippen LogP contribution in [0.1, 0.15) is 26.7 Å². The summed E-state index contributed by atoms with van der Waals surface area (Å²) in [7, 11) is -3.58. The van der Waals surface area contributed by atoms with Crippen LogP contribution < -0.4 is 0 Å². The van der Waals surface area contributed by atoms with Crippen molar-refractivity contribution in [2.75, 3.05) is 6.54 Å². The minimum atomic E-state index is -3.58. The lowest BCUT2D eigenvalue weighted by Gasteiger charge is -2.34. The molecule has 0 aliphatic carbocycles. The van der Waals surface area contributed by atoms with Gasteiger partial charge in [-0.3, -0.25) is 0 Å². The highest BCUT2D eigenvalue weighted by atomic mass is 32.2. The summed E-state index contributed by atoms with van der Waals surface area (Å²) in [5.74, 6) is 0. The van der Waals surface area contributed by atoms with E-state index in [1.165, 1.54) is 16.8 Å². The van der Waals surface area contributed by atoms with Crippen LogP contribution in [0.3, 0.4) is 0 Å². The lowest BCUT2D eigenvalue weighted by atomic mass is 10.0. The number of piperidine rings is 1. The molecule has 8 heteroatoms. The summed E-state index contributed by atoms with van der Waals surface area (Å²) >= 11 is 0. The van der Waals surface area contributed by atoms with E-state index < -0.39 is 10.0 Å². The molecule has 0 bridgehead atoms. The Balaban J connectivity index is 2.20. The van der Waals surface area contributed by atoms with Gasteiger partial charge in [0.25, 0.3) is 10.0 Å². The van der Waals surface area contributed by atoms with Crippen molar-refractivity contribution >= 4 is 16.1 Å². The molecule has 1 aromatic heterocycles. The van der Waals surface area contributed by atoms with Crippen LogP contribution in [-0.2, 0) is 21.4 Å². The van der Waals surface area contributed by atoms with Crippen molar-refractivity contribution in [3.63, 3.8) is 0 Å². The Morgan fingerprint density at radius 2 is 2.30 bits per heavy atom. The summed E-state index contributed by atoms with van der Waals surface area (Å²) < 4.78 is 28.2. The molecule has 1 aromatic rings. The van der Waals surface area contributed by atoms with Crippen molar-refractivity contribution < 1.29 is 13.2 Å². The van der Waals surface area contributed by atoms with Crippen molar-refractivity contribution in [2.45, 2.75) is 50.3 Å². The van der Waals surface area contributed by atoms with Crippen molar-refractivity contribution in [1.82, 2.24) is 13.9 Å². The van der Waals surface area contributed by atoms with Crippen LogP contribution in [0.15, 0.2) is 22.5 Å². The van der Waals surface area contributed by atoms with E-state index in [2.05, 4.69) is 9.98 Å². The fourth-order valence-corrected chi connectivity index (χ4v) is 4.04. The number of rotatable bonds is 4. The quantitative estimate of drug-likeness (QED) is 0.607. The normalized spacial score (nSPS) is 24.3. The van der Waals surface area contributed by atoms with E-state index in [4.69, 9.17) is 0 Å². The van der Waals surface area contributed by atoms with Gasteiger partial charge in [0, 0.05) is 25.3 Å². The molecule has 0 spiro atoms. The Kier molecular flexibility index (Phi) is 4.37. The van der Waals surface area contributed by atoms with Gasteiger partial charge in [0.05, 0.1) is 12.4 Å². The van der Waals surface area contributed by atoms with Crippen LogP contribution in [0.2, 0.25) is 0 Å². The van der Waals surface area contributed by atoms with Crippen LogP contribution in [-0.4, -0.2) is 47.0 Å². The first kappa shape index (κ1) is 14.9. The number of aliphatic imine (C=N–C) groups is 1. The third-order valence-corrected chi connectivity index (χ3v) is 5.47. The fraction of sp³-hybridized carbons (Fsp3) is 0.667. The summed E-state index contributed by atoms with van der Waals surface area (Å²) in [4.78, 5) is 17.9. The molecule has 7 nitrogen and oxygen atoms in total. The van der Waals surface area contributed by atoms with Crippen LogP contribution in [0.5, 0.6) is 0 Å². The van der Waals surface area contributed by atoms with E-state index in [0.717, 1.165) is 0 Å². The third kappa shape index (κ3) is 2.82. The van der Waals surface area contributed by atoms with Crippen LogP contribution in [0, 0.1) is 0 Å². The molecule has 2 unspecified atom stereocenters. The minimum absolute atomic E-state index is 0.0727. The molecular formula is C12H18N4O3S. The lowest BCUT2D eigenvalue weighted by Crippen LogP contribution is -2.45. The maximum atomic E-state index is 12.5. The first-order chi connectivity index (χ1) is 9.48. The van der Waals surface area contributed by atoms with E-state index >= 15 is 0 Å². The number of hydrogen-bond acceptors (Lipinski definition) is 5. The Hall–Kier alpha value is -1.50. The predicted octanol–water partition coefficient (Wildman–Crippen LogP) is 0.780. The number of hydrogen-bond donors (Lipinski definition) is 0. The molecule has 20 heavy (non-hydrogen) atoms. The van der Waals surface area contributed by atoms with Gasteiger partial charge in [-0.1, -0.05) is 0 Å². The van der Waals surface area contributed by atoms with E-state index in [9.17, 15) is 13.2 Å². The topological polar surface area (TPSA) is 84.6 Å². The smallest absolute Gasteiger partial charge is 0.262 e. The first-order valence-electron chi connectivity index (χ1n) is 6.59. The molecule has 110 valence electrons. The average molecular weight is 298 g/mol. The summed E-state index contributed by atoms with van der Waals surface area (Å²) in [6.07, 6.45) is 5.67. The number of sulfonamides is 1. The van der Waals surface area contributed by atoms with Crippen molar-refractivity contribution in [2.24, 2.45) is 4.99 Å². The van der Waals surface area contributed by atoms with Gasteiger partial charge in [0.2, 0.25) is 6.08 Å². The van der Waals surface area contributed by atoms with E-state index in [0.29, 0.717) is 25.9 Å². The van der Waals surface area contributed by atoms with E-state index in [-0.39, 0.29) is 17.1 Å². The fourth-order valence-electron chi connectivity index (χ4n) is 2.44. The molecule has 0 N–H and O–H groups in total. The van der Waals surface area contributed by atoms with Crippen LogP contribution in [0.25, 0.3) is 0 Å². The predicted molar refractivity (Wildman–Crippen MR) is 72.4 cm³/mol. The van der Waals surface area contributed by atoms with Gasteiger partial charge >= 0.3 is 0 Å². The molecule has 1 aliphatic heterocycles. The SMILES string of the molecule is CCn1cnc(S(=O)(=O)N2CCC(N=C=O)CC2C)c1. The van der Waals surface area contributed by atoms with Gasteiger partial charge in [-0.2, -0.15) is 4.31 Å². The lowest BCUT2D eigenvalue weighted by molar-refractivity contribution is 0.247. The van der Waals surface area contributed by atoms with E-state index in [1.807, 2.05) is 13.8 Å². The van der Waals surface area contributed by atoms with E-state index in [1.54, 1.807) is 10.6 Å². The van der Waals surface area contributed by atoms with Gasteiger partial charge in [-0.15, -0.1) is 0 Å². The number of carbonyl (C=O) groups excluding carboxylic acids is 1. The summed E-state index contributed by atoms with van der Waals surface area (Å²) in [6, 6.07) is -0.343. The largest absolute Gasteiger partial charge is 0.336 e. The van der Waals surface area contributed by atoms with Crippen molar-refractivity contribution in [3.8, 4) is 0 Å². The molecule has 1 fully saturated rings. The highest BCUT2D eigenvalue weighted by Gasteiger charge is 2.35. The van der Waals surface area contributed by atoms with Crippen molar-refractivity contribution in [3.05, 3.63) is 12.5 Å². The standard InChI is InChI=1S/C12H18N4O3S/c1-3-15-7-12(13-8-15)20(18,19)16-5-4-11(14-9-17)6-10(16)2/h7-8,10-11H,3-6H2,1-2H3. The minimum Gasteiger partial charge on any atom is -0.336 e. The number of isocyanates is 1. The molecule has 0 amide bonds. The Labute approximate surface area is 118 Å². The summed E-state index contributed by atoms with van der Waals surface area (Å²) in [6.45, 7) is 4.76. The number of nitrogens with zero attached hydrogens (tertiary/aromatic N) is 4. The highest BCUT2D eigenvalue weighted by molar-refractivity contribution is 7.89. The van der Waals surface area contributed by atoms with Gasteiger partial charge in [-0.25, -0.2) is 23.2 Å². The Bertz CT molecular complexity index is 618. The molecule has 0 saturated carbocycles. The van der Waals surface area contributed by atoms with Crippen molar-refractivity contribution in [1.29, 1.82) is 0 Å². The second-order valence-corrected chi connectivity index (χ2v) is 6.74. The van der Waals surface area contributed by atoms with Gasteiger partial charge in [0.15, 0.2) is 5.03 Å². The van der Waals surface area contributed by atoms with Gasteiger partial charge in [0.1, 0.15) is 0 Å². The zero-order chi connectivity index (χ0) is 14.8. The van der Waals surface area contributed by atoms with Crippen LogP contribution >= 0.6 is 0 Å². The second kappa shape index (κ2) is 5.87. The highest BCUT2D eigenvalue weighted by Crippen LogP contribution is 2.25. The molecular weight excluding hydrogens is 280 g/mol. The zero-order valence-electron chi connectivity index (χ0n) is 11.6. The molecule has 2 heterocycles. The monoisotopic (exact) mass is 298 g/mol. The summed E-state index contributed by atoms with van der Waals surface area (Å²) in [5, 5.41) is 0.0727. The number of aryl methyl sites for hydroxylation is 1. The maximum Gasteiger partial charge on any atom is 0.262 e. The molecule has 1 aliphatic rings. The first-order valence-corrected chi connectivity index (χ1v) is 8.03.